The number of unbranched alkanes of at least 4 members (excludes halogenated alkanes) is 1. The lowest BCUT2D eigenvalue weighted by atomic mass is 9.87. The molecular weight excluding hydrogens is 593 g/mol. The summed E-state index contributed by atoms with van der Waals surface area (Å²) in [5, 5.41) is 3.48. The van der Waals surface area contributed by atoms with E-state index < -0.39 is 11.9 Å². The molecule has 3 aromatic carbocycles. The number of amides is 2. The third-order valence-electron chi connectivity index (χ3n) is 7.28. The molecule has 1 unspecified atom stereocenters. The van der Waals surface area contributed by atoms with Crippen molar-refractivity contribution in [3.05, 3.63) is 98.5 Å². The van der Waals surface area contributed by atoms with Crippen LogP contribution in [0.4, 0.5) is 14.5 Å². The number of primary amides is 1. The summed E-state index contributed by atoms with van der Waals surface area (Å²) in [6.07, 6.45) is 2.52. The fraction of sp³-hybridized carbons (Fsp3) is 0.333. The van der Waals surface area contributed by atoms with Crippen LogP contribution < -0.4 is 11.1 Å². The highest BCUT2D eigenvalue weighted by molar-refractivity contribution is 6.42. The SMILES string of the molecule is NC(=O)C1CN(CCCCC(c2ccc(F)cc2)c2ccc(F)cc2)CCN1CC(=O)Nc1c(Cl)cc(Cl)cc1Cl. The van der Waals surface area contributed by atoms with Gasteiger partial charge in [0.05, 0.1) is 22.3 Å². The predicted molar refractivity (Wildman–Crippen MR) is 160 cm³/mol. The fourth-order valence-electron chi connectivity index (χ4n) is 5.16. The van der Waals surface area contributed by atoms with Gasteiger partial charge in [0.25, 0.3) is 0 Å². The van der Waals surface area contributed by atoms with E-state index in [1.165, 1.54) is 36.4 Å². The van der Waals surface area contributed by atoms with E-state index in [1.54, 1.807) is 29.2 Å². The molecule has 1 saturated heterocycles. The molecule has 0 aliphatic carbocycles. The number of anilines is 1. The monoisotopic (exact) mass is 622 g/mol. The molecular formula is C30H31Cl3F2N4O2. The average Bonchev–Trinajstić information content (AvgIpc) is 2.92. The van der Waals surface area contributed by atoms with E-state index in [0.717, 1.165) is 36.9 Å². The lowest BCUT2D eigenvalue weighted by Gasteiger charge is -2.39. The van der Waals surface area contributed by atoms with Gasteiger partial charge in [0, 0.05) is 30.6 Å². The number of carbonyl (C=O) groups excluding carboxylic acids is 2. The Balaban J connectivity index is 1.30. The number of halogens is 5. The van der Waals surface area contributed by atoms with Crippen LogP contribution in [-0.2, 0) is 9.59 Å². The van der Waals surface area contributed by atoms with Gasteiger partial charge < -0.3 is 11.1 Å². The van der Waals surface area contributed by atoms with Gasteiger partial charge in [-0.3, -0.25) is 19.4 Å². The third kappa shape index (κ3) is 8.63. The first-order valence-electron chi connectivity index (χ1n) is 13.3. The average molecular weight is 624 g/mol. The van der Waals surface area contributed by atoms with Crippen molar-refractivity contribution in [3.63, 3.8) is 0 Å². The Morgan fingerprint density at radius 1 is 0.902 bits per heavy atom. The first kappa shape index (κ1) is 31.2. The molecule has 1 fully saturated rings. The lowest BCUT2D eigenvalue weighted by molar-refractivity contribution is -0.127. The quantitative estimate of drug-likeness (QED) is 0.245. The molecule has 0 spiro atoms. The number of hydrogen-bond acceptors (Lipinski definition) is 4. The maximum absolute atomic E-state index is 13.5. The second-order valence-corrected chi connectivity index (χ2v) is 11.4. The van der Waals surface area contributed by atoms with E-state index in [1.807, 2.05) is 0 Å². The zero-order valence-electron chi connectivity index (χ0n) is 22.3. The number of nitrogens with two attached hydrogens (primary N) is 1. The van der Waals surface area contributed by atoms with E-state index in [9.17, 15) is 18.4 Å². The van der Waals surface area contributed by atoms with Crippen LogP contribution in [0.2, 0.25) is 15.1 Å². The molecule has 0 saturated carbocycles. The van der Waals surface area contributed by atoms with E-state index >= 15 is 0 Å². The van der Waals surface area contributed by atoms with Crippen molar-refractivity contribution < 1.29 is 18.4 Å². The Morgan fingerprint density at radius 2 is 1.46 bits per heavy atom. The first-order chi connectivity index (χ1) is 19.6. The van der Waals surface area contributed by atoms with Gasteiger partial charge in [0.1, 0.15) is 17.7 Å². The molecule has 1 atom stereocenters. The molecule has 218 valence electrons. The highest BCUT2D eigenvalue weighted by Crippen LogP contribution is 2.34. The zero-order valence-corrected chi connectivity index (χ0v) is 24.5. The highest BCUT2D eigenvalue weighted by atomic mass is 35.5. The van der Waals surface area contributed by atoms with Crippen LogP contribution >= 0.6 is 34.8 Å². The first-order valence-corrected chi connectivity index (χ1v) is 14.4. The molecule has 1 aliphatic heterocycles. The van der Waals surface area contributed by atoms with Crippen molar-refractivity contribution in [1.29, 1.82) is 0 Å². The van der Waals surface area contributed by atoms with E-state index in [2.05, 4.69) is 10.2 Å². The van der Waals surface area contributed by atoms with Gasteiger partial charge in [-0.1, -0.05) is 65.5 Å². The summed E-state index contributed by atoms with van der Waals surface area (Å²) in [4.78, 5) is 29.0. The second-order valence-electron chi connectivity index (χ2n) is 10.1. The summed E-state index contributed by atoms with van der Waals surface area (Å²) in [7, 11) is 0. The number of nitrogens with zero attached hydrogens (tertiary/aromatic N) is 2. The third-order valence-corrected chi connectivity index (χ3v) is 8.10. The van der Waals surface area contributed by atoms with Crippen LogP contribution in [0.1, 0.15) is 36.3 Å². The number of hydrogen-bond donors (Lipinski definition) is 2. The van der Waals surface area contributed by atoms with Crippen LogP contribution in [0.3, 0.4) is 0 Å². The van der Waals surface area contributed by atoms with Crippen molar-refractivity contribution >= 4 is 52.3 Å². The standard InChI is InChI=1S/C30H31Cl3F2N4O2/c31-21-15-25(32)29(26(33)16-21)37-28(40)18-39-14-13-38(17-27(39)30(36)41)12-2-1-3-24(19-4-8-22(34)9-5-19)20-6-10-23(35)11-7-20/h4-11,15-16,24,27H,1-3,12-14,17-18H2,(H2,36,41)(H,37,40). The molecule has 0 aromatic heterocycles. The van der Waals surface area contributed by atoms with Crippen LogP contribution in [0.25, 0.3) is 0 Å². The van der Waals surface area contributed by atoms with Crippen molar-refractivity contribution in [2.75, 3.05) is 38.0 Å². The van der Waals surface area contributed by atoms with Crippen molar-refractivity contribution in [3.8, 4) is 0 Å². The summed E-state index contributed by atoms with van der Waals surface area (Å²) in [6, 6.07) is 15.2. The van der Waals surface area contributed by atoms with Gasteiger partial charge in [-0.15, -0.1) is 0 Å². The molecule has 2 amide bonds. The van der Waals surface area contributed by atoms with E-state index in [-0.39, 0.29) is 45.7 Å². The molecule has 1 heterocycles. The van der Waals surface area contributed by atoms with Crippen molar-refractivity contribution in [2.45, 2.75) is 31.2 Å². The van der Waals surface area contributed by atoms with Crippen LogP contribution in [0, 0.1) is 11.6 Å². The van der Waals surface area contributed by atoms with Crippen LogP contribution in [-0.4, -0.2) is 60.4 Å². The van der Waals surface area contributed by atoms with Crippen LogP contribution in [0.5, 0.6) is 0 Å². The topological polar surface area (TPSA) is 78.7 Å². The molecule has 1 aliphatic rings. The Kier molecular flexibility index (Phi) is 11.0. The fourth-order valence-corrected chi connectivity index (χ4v) is 6.08. The van der Waals surface area contributed by atoms with E-state index in [4.69, 9.17) is 40.5 Å². The van der Waals surface area contributed by atoms with Gasteiger partial charge in [-0.2, -0.15) is 0 Å². The largest absolute Gasteiger partial charge is 0.368 e. The Hall–Kier alpha value is -2.75. The van der Waals surface area contributed by atoms with Gasteiger partial charge in [-0.25, -0.2) is 8.78 Å². The minimum atomic E-state index is -0.628. The molecule has 41 heavy (non-hydrogen) atoms. The smallest absolute Gasteiger partial charge is 0.238 e. The number of carbonyl (C=O) groups is 2. The summed E-state index contributed by atoms with van der Waals surface area (Å²) in [5.74, 6) is -1.47. The predicted octanol–water partition coefficient (Wildman–Crippen LogP) is 6.34. The highest BCUT2D eigenvalue weighted by Gasteiger charge is 2.32. The van der Waals surface area contributed by atoms with Crippen molar-refractivity contribution in [2.24, 2.45) is 5.73 Å². The summed E-state index contributed by atoms with van der Waals surface area (Å²) in [5.41, 5.74) is 7.91. The maximum atomic E-state index is 13.5. The Labute approximate surface area is 253 Å². The second kappa shape index (κ2) is 14.4. The summed E-state index contributed by atoms with van der Waals surface area (Å²) < 4.78 is 27.0. The minimum absolute atomic E-state index is 0.00701. The van der Waals surface area contributed by atoms with Gasteiger partial charge >= 0.3 is 0 Å². The normalized spacial score (nSPS) is 16.2. The number of benzene rings is 3. The number of nitrogens with one attached hydrogen (secondary N) is 1. The van der Waals surface area contributed by atoms with Crippen molar-refractivity contribution in [1.82, 2.24) is 9.80 Å². The number of piperazine rings is 1. The molecule has 4 rings (SSSR count). The molecule has 6 nitrogen and oxygen atoms in total. The number of rotatable bonds is 11. The maximum Gasteiger partial charge on any atom is 0.238 e. The molecule has 11 heteroatoms. The molecule has 3 N–H and O–H groups in total. The summed E-state index contributed by atoms with van der Waals surface area (Å²) in [6.45, 7) is 2.26. The minimum Gasteiger partial charge on any atom is -0.368 e. The summed E-state index contributed by atoms with van der Waals surface area (Å²) >= 11 is 18.3. The van der Waals surface area contributed by atoms with Crippen LogP contribution in [0.15, 0.2) is 60.7 Å². The molecule has 3 aromatic rings. The van der Waals surface area contributed by atoms with Gasteiger partial charge in [0.2, 0.25) is 11.8 Å². The Bertz CT molecular complexity index is 1290. The van der Waals surface area contributed by atoms with Gasteiger partial charge in [-0.05, 0) is 66.9 Å². The van der Waals surface area contributed by atoms with Gasteiger partial charge in [0.15, 0.2) is 0 Å². The molecule has 0 radical (unpaired) electrons. The molecule has 0 bridgehead atoms. The lowest BCUT2D eigenvalue weighted by Crippen LogP contribution is -2.59. The zero-order chi connectivity index (χ0) is 29.5. The van der Waals surface area contributed by atoms with E-state index in [0.29, 0.717) is 24.7 Å². The Morgan fingerprint density at radius 3 is 2.00 bits per heavy atom.